The number of nitrogens with zero attached hydrogens (tertiary/aromatic N) is 5. The number of aromatic nitrogens is 5. The van der Waals surface area contributed by atoms with Gasteiger partial charge in [-0.25, -0.2) is 9.37 Å². The van der Waals surface area contributed by atoms with E-state index in [9.17, 15) is 18.0 Å². The fourth-order valence-corrected chi connectivity index (χ4v) is 3.80. The van der Waals surface area contributed by atoms with E-state index in [0.717, 1.165) is 17.8 Å². The molecule has 0 saturated carbocycles. The number of nitrogens with one attached hydrogen (secondary N) is 1. The second-order valence-electron chi connectivity index (χ2n) is 8.09. The number of alkyl halides is 3. The number of halogens is 5. The van der Waals surface area contributed by atoms with Gasteiger partial charge in [-0.15, -0.1) is 4.80 Å². The molecule has 13 heteroatoms. The Kier molecular flexibility index (Phi) is 6.94. The number of hydrogen-bond acceptors (Lipinski definition) is 6. The van der Waals surface area contributed by atoms with Crippen LogP contribution in [0, 0.1) is 5.82 Å². The molecule has 4 aromatic rings. The Balaban J connectivity index is 1.70. The lowest BCUT2D eigenvalue weighted by atomic mass is 9.97. The van der Waals surface area contributed by atoms with Gasteiger partial charge < -0.3 is 11.1 Å². The normalized spacial score (nSPS) is 11.3. The second kappa shape index (κ2) is 9.97. The lowest BCUT2D eigenvalue weighted by Gasteiger charge is -2.15. The highest BCUT2D eigenvalue weighted by Gasteiger charge is 2.36. The molecule has 0 aliphatic carbocycles. The lowest BCUT2D eigenvalue weighted by Crippen LogP contribution is -2.17. The highest BCUT2D eigenvalue weighted by Crippen LogP contribution is 2.37. The molecule has 0 bridgehead atoms. The van der Waals surface area contributed by atoms with E-state index < -0.39 is 29.3 Å². The van der Waals surface area contributed by atoms with Crippen LogP contribution in [0.2, 0.25) is 5.02 Å². The summed E-state index contributed by atoms with van der Waals surface area (Å²) in [4.78, 5) is 21.3. The molecule has 1 amide bonds. The molecule has 3 aromatic heterocycles. The first kappa shape index (κ1) is 25.8. The number of benzene rings is 1. The summed E-state index contributed by atoms with van der Waals surface area (Å²) in [5, 5.41) is 9.45. The molecule has 0 aliphatic heterocycles. The number of nitrogens with two attached hydrogens (primary N) is 1. The van der Waals surface area contributed by atoms with E-state index >= 15 is 4.39 Å². The summed E-state index contributed by atoms with van der Waals surface area (Å²) in [5.41, 5.74) is 6.30. The van der Waals surface area contributed by atoms with Crippen molar-refractivity contribution in [3.63, 3.8) is 0 Å². The van der Waals surface area contributed by atoms with Gasteiger partial charge in [-0.1, -0.05) is 23.3 Å². The van der Waals surface area contributed by atoms with Gasteiger partial charge in [0.2, 0.25) is 0 Å². The maximum Gasteiger partial charge on any atom is 0.420 e. The molecule has 0 radical (unpaired) electrons. The highest BCUT2D eigenvalue weighted by molar-refractivity contribution is 6.34. The van der Waals surface area contributed by atoms with Crippen LogP contribution >= 0.6 is 11.6 Å². The van der Waals surface area contributed by atoms with Gasteiger partial charge >= 0.3 is 6.18 Å². The van der Waals surface area contributed by atoms with Gasteiger partial charge in [-0.3, -0.25) is 9.78 Å². The summed E-state index contributed by atoms with van der Waals surface area (Å²) < 4.78 is 56.1. The summed E-state index contributed by atoms with van der Waals surface area (Å²) >= 11 is 6.30. The maximum atomic E-state index is 15.2. The summed E-state index contributed by atoms with van der Waals surface area (Å²) in [6, 6.07) is 2.79. The summed E-state index contributed by atoms with van der Waals surface area (Å²) in [7, 11) is 0. The van der Waals surface area contributed by atoms with Crippen molar-refractivity contribution >= 4 is 35.0 Å². The molecule has 0 aliphatic rings. The Bertz CT molecular complexity index is 1510. The Morgan fingerprint density at radius 3 is 2.46 bits per heavy atom. The molecular weight excluding hydrogens is 514 g/mol. The smallest absolute Gasteiger partial charge is 0.397 e. The molecule has 0 atom stereocenters. The number of pyridine rings is 2. The molecule has 4 rings (SSSR count). The number of amides is 1. The zero-order valence-corrected chi connectivity index (χ0v) is 20.1. The highest BCUT2D eigenvalue weighted by atomic mass is 35.5. The molecule has 1 aromatic carbocycles. The van der Waals surface area contributed by atoms with Gasteiger partial charge in [-0.05, 0) is 32.0 Å². The molecule has 3 heterocycles. The SMILES string of the molecule is CC(C)=Cc1cncc(N)c1-c1cc(Cl)c(C(=O)Nc2cnc(-n3nccn3)c(C(F)(F)F)c2)cc1F. The van der Waals surface area contributed by atoms with E-state index in [4.69, 9.17) is 17.3 Å². The zero-order valence-electron chi connectivity index (χ0n) is 19.3. The van der Waals surface area contributed by atoms with Crippen molar-refractivity contribution in [2.75, 3.05) is 11.1 Å². The van der Waals surface area contributed by atoms with Crippen molar-refractivity contribution in [3.8, 4) is 16.9 Å². The Morgan fingerprint density at radius 2 is 1.81 bits per heavy atom. The number of nitrogen functional groups attached to an aromatic ring is 1. The minimum Gasteiger partial charge on any atom is -0.397 e. The van der Waals surface area contributed by atoms with Crippen LogP contribution in [0.4, 0.5) is 28.9 Å². The van der Waals surface area contributed by atoms with Crippen LogP contribution in [0.25, 0.3) is 23.0 Å². The quantitative estimate of drug-likeness (QED) is 0.315. The first-order valence-corrected chi connectivity index (χ1v) is 11.0. The van der Waals surface area contributed by atoms with Crippen molar-refractivity contribution in [2.24, 2.45) is 0 Å². The molecular formula is C24H18ClF4N7O. The van der Waals surface area contributed by atoms with Crippen molar-refractivity contribution in [2.45, 2.75) is 20.0 Å². The molecule has 3 N–H and O–H groups in total. The molecule has 0 spiro atoms. The van der Waals surface area contributed by atoms with Crippen molar-refractivity contribution in [3.05, 3.63) is 82.3 Å². The van der Waals surface area contributed by atoms with E-state index in [1.54, 1.807) is 6.08 Å². The van der Waals surface area contributed by atoms with Gasteiger partial charge in [0.1, 0.15) is 11.4 Å². The Hall–Kier alpha value is -4.32. The predicted octanol–water partition coefficient (Wildman–Crippen LogP) is 5.79. The average Bonchev–Trinajstić information content (AvgIpc) is 3.34. The van der Waals surface area contributed by atoms with Crippen LogP contribution < -0.4 is 11.1 Å². The number of allylic oxidation sites excluding steroid dienone is 1. The molecule has 0 unspecified atom stereocenters. The standard InChI is InChI=1S/C24H18ClF4N7O/c1-12(2)5-13-9-31-11-20(30)21(13)16-7-18(25)15(8-19(16)26)23(37)35-14-6-17(24(27,28)29)22(32-10-14)36-33-3-4-34-36/h3-11H,30H2,1-2H3,(H,35,37). The predicted molar refractivity (Wildman–Crippen MR) is 130 cm³/mol. The van der Waals surface area contributed by atoms with Crippen molar-refractivity contribution in [1.29, 1.82) is 0 Å². The molecule has 0 saturated heterocycles. The van der Waals surface area contributed by atoms with Crippen LogP contribution in [0.3, 0.4) is 0 Å². The van der Waals surface area contributed by atoms with Crippen LogP contribution in [0.1, 0.15) is 35.3 Å². The molecule has 8 nitrogen and oxygen atoms in total. The Morgan fingerprint density at radius 1 is 1.11 bits per heavy atom. The van der Waals surface area contributed by atoms with Gasteiger partial charge in [0.25, 0.3) is 5.91 Å². The minimum absolute atomic E-state index is 0.0334. The number of anilines is 2. The molecule has 37 heavy (non-hydrogen) atoms. The minimum atomic E-state index is -4.82. The van der Waals surface area contributed by atoms with E-state index in [0.29, 0.717) is 22.0 Å². The van der Waals surface area contributed by atoms with Gasteiger partial charge in [0.05, 0.1) is 46.7 Å². The fourth-order valence-electron chi connectivity index (χ4n) is 3.55. The van der Waals surface area contributed by atoms with Gasteiger partial charge in [0.15, 0.2) is 5.82 Å². The average molecular weight is 532 g/mol. The maximum absolute atomic E-state index is 15.2. The number of rotatable bonds is 5. The number of carbonyl (C=O) groups excluding carboxylic acids is 1. The van der Waals surface area contributed by atoms with Crippen LogP contribution in [0.15, 0.2) is 54.8 Å². The first-order valence-electron chi connectivity index (χ1n) is 10.6. The van der Waals surface area contributed by atoms with E-state index in [2.05, 4.69) is 25.5 Å². The summed E-state index contributed by atoms with van der Waals surface area (Å²) in [6.07, 6.45) is 3.20. The monoisotopic (exact) mass is 531 g/mol. The summed E-state index contributed by atoms with van der Waals surface area (Å²) in [5.74, 6) is -2.33. The van der Waals surface area contributed by atoms with Crippen molar-refractivity contribution in [1.82, 2.24) is 25.0 Å². The van der Waals surface area contributed by atoms with Gasteiger partial charge in [0, 0.05) is 22.9 Å². The molecule has 0 fully saturated rings. The van der Waals surface area contributed by atoms with Crippen LogP contribution in [-0.4, -0.2) is 30.9 Å². The van der Waals surface area contributed by atoms with Crippen LogP contribution in [0.5, 0.6) is 0 Å². The third-order valence-electron chi connectivity index (χ3n) is 5.06. The summed E-state index contributed by atoms with van der Waals surface area (Å²) in [6.45, 7) is 3.70. The zero-order chi connectivity index (χ0) is 26.9. The largest absolute Gasteiger partial charge is 0.420 e. The Labute approximate surface area is 212 Å². The topological polar surface area (TPSA) is 112 Å². The lowest BCUT2D eigenvalue weighted by molar-refractivity contribution is -0.137. The third kappa shape index (κ3) is 5.43. The number of hydrogen-bond donors (Lipinski definition) is 2. The third-order valence-corrected chi connectivity index (χ3v) is 5.37. The first-order chi connectivity index (χ1) is 17.5. The van der Waals surface area contributed by atoms with Crippen molar-refractivity contribution < 1.29 is 22.4 Å². The van der Waals surface area contributed by atoms with E-state index in [1.807, 2.05) is 13.8 Å². The van der Waals surface area contributed by atoms with E-state index in [-0.39, 0.29) is 27.5 Å². The second-order valence-corrected chi connectivity index (χ2v) is 8.50. The number of carbonyl (C=O) groups is 1. The van der Waals surface area contributed by atoms with Gasteiger partial charge in [-0.2, -0.15) is 23.4 Å². The van der Waals surface area contributed by atoms with E-state index in [1.165, 1.54) is 30.9 Å². The molecule has 190 valence electrons. The van der Waals surface area contributed by atoms with Crippen LogP contribution in [-0.2, 0) is 6.18 Å². The fraction of sp³-hybridized carbons (Fsp3) is 0.125.